The van der Waals surface area contributed by atoms with Crippen LogP contribution in [0.1, 0.15) is 0 Å². The highest BCUT2D eigenvalue weighted by atomic mass is 35.5. The highest BCUT2D eigenvalue weighted by Gasteiger charge is 1.92. The summed E-state index contributed by atoms with van der Waals surface area (Å²) in [5, 5.41) is 7.27. The van der Waals surface area contributed by atoms with Crippen LogP contribution in [0.25, 0.3) is 0 Å². The quantitative estimate of drug-likeness (QED) is 0.826. The third-order valence-corrected chi connectivity index (χ3v) is 2.14. The van der Waals surface area contributed by atoms with Crippen LogP contribution >= 0.6 is 23.7 Å². The second kappa shape index (κ2) is 4.84. The van der Waals surface area contributed by atoms with Crippen molar-refractivity contribution in [3.8, 4) is 0 Å². The molecule has 2 aromatic heterocycles. The van der Waals surface area contributed by atoms with Crippen LogP contribution in [0.5, 0.6) is 0 Å². The van der Waals surface area contributed by atoms with Gasteiger partial charge in [-0.15, -0.1) is 12.4 Å². The summed E-state index contributed by atoms with van der Waals surface area (Å²) in [5.41, 5.74) is 1.10. The Hall–Kier alpha value is -1.06. The molecular weight excluding hydrogens is 204 g/mol. The van der Waals surface area contributed by atoms with Crippen molar-refractivity contribution in [3.63, 3.8) is 0 Å². The number of rotatable bonds is 2. The molecule has 0 aliphatic rings. The molecule has 0 aliphatic carbocycles. The molecule has 4 heteroatoms. The molecule has 0 bridgehead atoms. The first-order valence-corrected chi connectivity index (χ1v) is 4.60. The molecule has 0 unspecified atom stereocenters. The molecule has 2 aromatic rings. The van der Waals surface area contributed by atoms with E-state index in [0.717, 1.165) is 11.5 Å². The second-order valence-corrected chi connectivity index (χ2v) is 3.13. The van der Waals surface area contributed by atoms with Gasteiger partial charge in [0.25, 0.3) is 0 Å². The maximum Gasteiger partial charge on any atom is 0.130 e. The summed E-state index contributed by atoms with van der Waals surface area (Å²) in [4.78, 5) is 4.15. The van der Waals surface area contributed by atoms with E-state index in [1.54, 1.807) is 17.5 Å². The molecule has 0 amide bonds. The van der Waals surface area contributed by atoms with E-state index in [1.165, 1.54) is 0 Å². The van der Waals surface area contributed by atoms with Crippen molar-refractivity contribution in [2.24, 2.45) is 0 Å². The summed E-state index contributed by atoms with van der Waals surface area (Å²) in [6, 6.07) is 7.83. The van der Waals surface area contributed by atoms with Crippen LogP contribution in [0.4, 0.5) is 11.5 Å². The minimum atomic E-state index is 0. The number of pyridine rings is 1. The number of anilines is 2. The van der Waals surface area contributed by atoms with Gasteiger partial charge in [0.15, 0.2) is 0 Å². The minimum absolute atomic E-state index is 0. The van der Waals surface area contributed by atoms with Crippen LogP contribution in [-0.4, -0.2) is 4.98 Å². The van der Waals surface area contributed by atoms with Crippen LogP contribution in [0, 0.1) is 0 Å². The van der Waals surface area contributed by atoms with E-state index in [1.807, 2.05) is 29.6 Å². The minimum Gasteiger partial charge on any atom is -0.340 e. The van der Waals surface area contributed by atoms with Crippen molar-refractivity contribution >= 4 is 35.2 Å². The fraction of sp³-hybridized carbons (Fsp3) is 0. The van der Waals surface area contributed by atoms with Gasteiger partial charge in [0.05, 0.1) is 5.69 Å². The van der Waals surface area contributed by atoms with E-state index < -0.39 is 0 Å². The topological polar surface area (TPSA) is 24.9 Å². The van der Waals surface area contributed by atoms with E-state index in [9.17, 15) is 0 Å². The molecule has 0 saturated carbocycles. The van der Waals surface area contributed by atoms with Gasteiger partial charge in [0, 0.05) is 11.6 Å². The van der Waals surface area contributed by atoms with Crippen molar-refractivity contribution in [1.82, 2.24) is 4.98 Å². The van der Waals surface area contributed by atoms with E-state index in [0.29, 0.717) is 0 Å². The maximum atomic E-state index is 4.15. The van der Waals surface area contributed by atoms with Gasteiger partial charge in [-0.05, 0) is 23.6 Å². The van der Waals surface area contributed by atoms with E-state index in [4.69, 9.17) is 0 Å². The van der Waals surface area contributed by atoms with Gasteiger partial charge in [0.2, 0.25) is 0 Å². The van der Waals surface area contributed by atoms with Crippen LogP contribution in [0.15, 0.2) is 41.2 Å². The van der Waals surface area contributed by atoms with Gasteiger partial charge in [-0.1, -0.05) is 6.07 Å². The van der Waals surface area contributed by atoms with Gasteiger partial charge < -0.3 is 5.32 Å². The van der Waals surface area contributed by atoms with Crippen LogP contribution in [0.3, 0.4) is 0 Å². The molecule has 2 rings (SSSR count). The molecule has 0 radical (unpaired) electrons. The smallest absolute Gasteiger partial charge is 0.130 e. The highest BCUT2D eigenvalue weighted by molar-refractivity contribution is 7.08. The lowest BCUT2D eigenvalue weighted by atomic mass is 10.4. The van der Waals surface area contributed by atoms with Crippen molar-refractivity contribution in [1.29, 1.82) is 0 Å². The Morgan fingerprint density at radius 1 is 1.23 bits per heavy atom. The first-order valence-electron chi connectivity index (χ1n) is 3.65. The summed E-state index contributed by atoms with van der Waals surface area (Å²) >= 11 is 1.67. The molecule has 2 nitrogen and oxygen atoms in total. The van der Waals surface area contributed by atoms with Crippen molar-refractivity contribution in [2.75, 3.05) is 5.32 Å². The lowest BCUT2D eigenvalue weighted by molar-refractivity contribution is 1.31. The molecule has 68 valence electrons. The monoisotopic (exact) mass is 212 g/mol. The first kappa shape index (κ1) is 10.0. The Morgan fingerprint density at radius 3 is 2.77 bits per heavy atom. The number of aromatic nitrogens is 1. The average Bonchev–Trinajstić information content (AvgIpc) is 2.59. The number of halogens is 1. The normalized spacial score (nSPS) is 8.92. The van der Waals surface area contributed by atoms with Crippen molar-refractivity contribution in [3.05, 3.63) is 41.2 Å². The third kappa shape index (κ3) is 2.72. The molecular formula is C9H9ClN2S. The fourth-order valence-electron chi connectivity index (χ4n) is 0.920. The van der Waals surface area contributed by atoms with Crippen LogP contribution < -0.4 is 5.32 Å². The van der Waals surface area contributed by atoms with Gasteiger partial charge >= 0.3 is 0 Å². The first-order chi connectivity index (χ1) is 5.95. The Kier molecular flexibility index (Phi) is 3.73. The van der Waals surface area contributed by atoms with Crippen LogP contribution in [-0.2, 0) is 0 Å². The summed E-state index contributed by atoms with van der Waals surface area (Å²) in [6.45, 7) is 0. The summed E-state index contributed by atoms with van der Waals surface area (Å²) in [5.74, 6) is 0.885. The lowest BCUT2D eigenvalue weighted by Crippen LogP contribution is -1.89. The molecule has 13 heavy (non-hydrogen) atoms. The fourth-order valence-corrected chi connectivity index (χ4v) is 1.51. The molecule has 0 fully saturated rings. The molecule has 0 aromatic carbocycles. The maximum absolute atomic E-state index is 4.15. The molecule has 0 spiro atoms. The van der Waals surface area contributed by atoms with Gasteiger partial charge in [-0.3, -0.25) is 0 Å². The average molecular weight is 213 g/mol. The molecule has 1 N–H and O–H groups in total. The van der Waals surface area contributed by atoms with Gasteiger partial charge in [-0.25, -0.2) is 4.98 Å². The standard InChI is InChI=1S/C9H8N2S.ClH/c1-2-5-10-9(3-1)11-8-4-6-12-7-8;/h1-7H,(H,10,11);1H. The zero-order chi connectivity index (χ0) is 8.23. The SMILES string of the molecule is Cl.c1ccc(Nc2ccsc2)nc1. The summed E-state index contributed by atoms with van der Waals surface area (Å²) in [6.07, 6.45) is 1.77. The highest BCUT2D eigenvalue weighted by Crippen LogP contribution is 2.16. The predicted octanol–water partition coefficient (Wildman–Crippen LogP) is 3.31. The number of hydrogen-bond donors (Lipinski definition) is 1. The molecule has 0 aliphatic heterocycles. The Labute approximate surface area is 87.1 Å². The lowest BCUT2D eigenvalue weighted by Gasteiger charge is -2.00. The third-order valence-electron chi connectivity index (χ3n) is 1.46. The summed E-state index contributed by atoms with van der Waals surface area (Å²) in [7, 11) is 0. The zero-order valence-corrected chi connectivity index (χ0v) is 8.44. The molecule has 2 heterocycles. The van der Waals surface area contributed by atoms with E-state index in [-0.39, 0.29) is 12.4 Å². The Balaban J connectivity index is 0.000000845. The number of nitrogens with one attached hydrogen (secondary N) is 1. The number of nitrogens with zero attached hydrogens (tertiary/aromatic N) is 1. The van der Waals surface area contributed by atoms with Gasteiger partial charge in [0.1, 0.15) is 5.82 Å². The Morgan fingerprint density at radius 2 is 2.15 bits per heavy atom. The zero-order valence-electron chi connectivity index (χ0n) is 6.81. The van der Waals surface area contributed by atoms with Crippen LogP contribution in [0.2, 0.25) is 0 Å². The molecule has 0 saturated heterocycles. The van der Waals surface area contributed by atoms with Crippen molar-refractivity contribution < 1.29 is 0 Å². The van der Waals surface area contributed by atoms with Crippen molar-refractivity contribution in [2.45, 2.75) is 0 Å². The number of thiophene rings is 1. The predicted molar refractivity (Wildman–Crippen MR) is 59.1 cm³/mol. The summed E-state index contributed by atoms with van der Waals surface area (Å²) < 4.78 is 0. The second-order valence-electron chi connectivity index (χ2n) is 2.35. The van der Waals surface area contributed by atoms with E-state index in [2.05, 4.69) is 15.7 Å². The number of hydrogen-bond acceptors (Lipinski definition) is 3. The van der Waals surface area contributed by atoms with Gasteiger partial charge in [-0.2, -0.15) is 11.3 Å². The molecule has 0 atom stereocenters. The van der Waals surface area contributed by atoms with E-state index >= 15 is 0 Å². The Bertz CT molecular complexity index is 334. The largest absolute Gasteiger partial charge is 0.340 e.